The van der Waals surface area contributed by atoms with Gasteiger partial charge in [-0.25, -0.2) is 9.99 Å². The summed E-state index contributed by atoms with van der Waals surface area (Å²) in [6.07, 6.45) is 2.92. The number of nitrogens with one attached hydrogen (secondary N) is 1. The van der Waals surface area contributed by atoms with Crippen molar-refractivity contribution in [1.82, 2.24) is 19.8 Å². The summed E-state index contributed by atoms with van der Waals surface area (Å²) in [5, 5.41) is 22.2. The van der Waals surface area contributed by atoms with Crippen LogP contribution in [0.3, 0.4) is 0 Å². The number of pyridine rings is 1. The Morgan fingerprint density at radius 2 is 2.06 bits per heavy atom. The lowest BCUT2D eigenvalue weighted by atomic mass is 10.0. The minimum Gasteiger partial charge on any atom is -0.315 e. The molecule has 2 fully saturated rings. The maximum absolute atomic E-state index is 12.4. The Morgan fingerprint density at radius 3 is 2.68 bits per heavy atom. The minimum absolute atomic E-state index is 0. The van der Waals surface area contributed by atoms with Gasteiger partial charge >= 0.3 is 0 Å². The minimum atomic E-state index is -0.373. The Labute approximate surface area is 191 Å². The SMILES string of the molecule is Cl.N#Cc1ccc(NC(=O)CN2CCC(N(N)CC(=O)N3CSC[C@H]3C#N)CC2)nc1. The number of hydrazine groups is 1. The first-order chi connectivity index (χ1) is 14.5. The first-order valence-corrected chi connectivity index (χ1v) is 10.8. The lowest BCUT2D eigenvalue weighted by Gasteiger charge is -2.36. The number of hydrogen-bond donors (Lipinski definition) is 2. The predicted octanol–water partition coefficient (Wildman–Crippen LogP) is 0.379. The van der Waals surface area contributed by atoms with Crippen LogP contribution in [0.2, 0.25) is 0 Å². The molecule has 166 valence electrons. The van der Waals surface area contributed by atoms with Crippen molar-refractivity contribution in [3.63, 3.8) is 0 Å². The molecule has 0 radical (unpaired) electrons. The van der Waals surface area contributed by atoms with Crippen molar-refractivity contribution in [2.45, 2.75) is 24.9 Å². The number of carbonyl (C=O) groups is 2. The van der Waals surface area contributed by atoms with Gasteiger partial charge in [0.25, 0.3) is 0 Å². The molecule has 0 unspecified atom stereocenters. The molecule has 0 saturated carbocycles. The van der Waals surface area contributed by atoms with Crippen LogP contribution in [-0.4, -0.2) is 81.5 Å². The second kappa shape index (κ2) is 11.8. The number of nitrogens with zero attached hydrogens (tertiary/aromatic N) is 6. The van der Waals surface area contributed by atoms with Crippen LogP contribution in [0.5, 0.6) is 0 Å². The fraction of sp³-hybridized carbons (Fsp3) is 0.526. The summed E-state index contributed by atoms with van der Waals surface area (Å²) in [6.45, 7) is 1.73. The van der Waals surface area contributed by atoms with E-state index >= 15 is 0 Å². The number of piperidine rings is 1. The molecule has 10 nitrogen and oxygen atoms in total. The molecule has 2 aliphatic rings. The lowest BCUT2D eigenvalue weighted by molar-refractivity contribution is -0.132. The van der Waals surface area contributed by atoms with Crippen LogP contribution in [0.1, 0.15) is 18.4 Å². The molecular formula is C19H25ClN8O2S. The highest BCUT2D eigenvalue weighted by Gasteiger charge is 2.31. The zero-order valence-corrected chi connectivity index (χ0v) is 18.6. The van der Waals surface area contributed by atoms with Gasteiger partial charge in [-0.05, 0) is 25.0 Å². The normalized spacial score (nSPS) is 19.4. The fourth-order valence-corrected chi connectivity index (χ4v) is 4.60. The Balaban J connectivity index is 0.00000341. The number of nitrogens with two attached hydrogens (primary N) is 1. The highest BCUT2D eigenvalue weighted by atomic mass is 35.5. The van der Waals surface area contributed by atoms with Gasteiger partial charge in [0.1, 0.15) is 17.9 Å². The number of anilines is 1. The molecule has 1 aromatic heterocycles. The smallest absolute Gasteiger partial charge is 0.239 e. The fourth-order valence-electron chi connectivity index (χ4n) is 3.50. The zero-order valence-electron chi connectivity index (χ0n) is 16.9. The van der Waals surface area contributed by atoms with Crippen molar-refractivity contribution in [1.29, 1.82) is 10.5 Å². The van der Waals surface area contributed by atoms with Gasteiger partial charge in [-0.3, -0.25) is 20.3 Å². The average molecular weight is 465 g/mol. The molecule has 1 atom stereocenters. The van der Waals surface area contributed by atoms with E-state index in [4.69, 9.17) is 16.4 Å². The molecule has 12 heteroatoms. The van der Waals surface area contributed by atoms with Gasteiger partial charge in [0, 0.05) is 31.1 Å². The third kappa shape index (κ3) is 6.79. The molecule has 0 aromatic carbocycles. The first kappa shape index (κ1) is 24.9. The Hall–Kier alpha value is -2.41. The number of halogens is 1. The molecular weight excluding hydrogens is 440 g/mol. The van der Waals surface area contributed by atoms with E-state index in [0.29, 0.717) is 36.1 Å². The van der Waals surface area contributed by atoms with Crippen molar-refractivity contribution in [2.75, 3.05) is 43.1 Å². The molecule has 2 aliphatic heterocycles. The molecule has 3 N–H and O–H groups in total. The van der Waals surface area contributed by atoms with E-state index in [1.54, 1.807) is 33.8 Å². The van der Waals surface area contributed by atoms with E-state index in [2.05, 4.69) is 16.4 Å². The number of hydrogen-bond acceptors (Lipinski definition) is 9. The van der Waals surface area contributed by atoms with Gasteiger partial charge in [0.2, 0.25) is 11.8 Å². The maximum atomic E-state index is 12.4. The van der Waals surface area contributed by atoms with Crippen LogP contribution < -0.4 is 11.2 Å². The molecule has 0 spiro atoms. The largest absolute Gasteiger partial charge is 0.315 e. The molecule has 3 rings (SSSR count). The van der Waals surface area contributed by atoms with E-state index in [1.165, 1.54) is 6.20 Å². The summed E-state index contributed by atoms with van der Waals surface area (Å²) in [5.74, 6) is 7.45. The lowest BCUT2D eigenvalue weighted by Crippen LogP contribution is -2.53. The van der Waals surface area contributed by atoms with Crippen LogP contribution in [-0.2, 0) is 9.59 Å². The van der Waals surface area contributed by atoms with Crippen LogP contribution in [0.25, 0.3) is 0 Å². The topological polar surface area (TPSA) is 142 Å². The van der Waals surface area contributed by atoms with Crippen LogP contribution >= 0.6 is 24.2 Å². The van der Waals surface area contributed by atoms with Crippen LogP contribution in [0.4, 0.5) is 5.82 Å². The number of aromatic nitrogens is 1. The van der Waals surface area contributed by atoms with Crippen LogP contribution in [0.15, 0.2) is 18.3 Å². The van der Waals surface area contributed by atoms with E-state index in [1.807, 2.05) is 11.0 Å². The summed E-state index contributed by atoms with van der Waals surface area (Å²) >= 11 is 1.57. The van der Waals surface area contributed by atoms with Gasteiger partial charge < -0.3 is 10.2 Å². The zero-order chi connectivity index (χ0) is 21.5. The second-order valence-corrected chi connectivity index (χ2v) is 8.28. The third-order valence-electron chi connectivity index (χ3n) is 5.22. The van der Waals surface area contributed by atoms with Crippen molar-refractivity contribution < 1.29 is 9.59 Å². The molecule has 31 heavy (non-hydrogen) atoms. The summed E-state index contributed by atoms with van der Waals surface area (Å²) in [5.41, 5.74) is 0.437. The van der Waals surface area contributed by atoms with Gasteiger partial charge in [-0.2, -0.15) is 10.5 Å². The standard InChI is InChI=1S/C19H24N8O2S.ClH/c20-7-14-1-2-17(23-9-14)24-18(28)10-25-5-3-15(4-6-25)27(22)11-19(29)26-13-30-12-16(26)8-21;/h1-2,9,15-16H,3-6,10-13,22H2,(H,23,24,28);1H/t16-;/m1./s1. The highest BCUT2D eigenvalue weighted by molar-refractivity contribution is 7.99. The Kier molecular flexibility index (Phi) is 9.49. The quantitative estimate of drug-likeness (QED) is 0.451. The molecule has 2 amide bonds. The van der Waals surface area contributed by atoms with Crippen LogP contribution in [0, 0.1) is 22.7 Å². The summed E-state index contributed by atoms with van der Waals surface area (Å²) in [6, 6.07) is 7.03. The number of rotatable bonds is 6. The van der Waals surface area contributed by atoms with E-state index in [0.717, 1.165) is 12.8 Å². The molecule has 1 aromatic rings. The molecule has 3 heterocycles. The molecule has 0 aliphatic carbocycles. The Morgan fingerprint density at radius 1 is 1.32 bits per heavy atom. The molecule has 2 saturated heterocycles. The number of amides is 2. The van der Waals surface area contributed by atoms with Gasteiger partial charge in [-0.1, -0.05) is 0 Å². The number of carbonyl (C=O) groups excluding carboxylic acids is 2. The monoisotopic (exact) mass is 464 g/mol. The van der Waals surface area contributed by atoms with Gasteiger partial charge in [0.05, 0.1) is 30.6 Å². The average Bonchev–Trinajstić information content (AvgIpc) is 3.24. The van der Waals surface area contributed by atoms with E-state index < -0.39 is 0 Å². The van der Waals surface area contributed by atoms with E-state index in [9.17, 15) is 9.59 Å². The highest BCUT2D eigenvalue weighted by Crippen LogP contribution is 2.21. The third-order valence-corrected chi connectivity index (χ3v) is 6.24. The second-order valence-electron chi connectivity index (χ2n) is 7.28. The summed E-state index contributed by atoms with van der Waals surface area (Å²) in [7, 11) is 0. The number of nitriles is 2. The van der Waals surface area contributed by atoms with Crippen molar-refractivity contribution in [2.24, 2.45) is 5.84 Å². The maximum Gasteiger partial charge on any atom is 0.239 e. The summed E-state index contributed by atoms with van der Waals surface area (Å²) < 4.78 is 0. The summed E-state index contributed by atoms with van der Waals surface area (Å²) in [4.78, 5) is 32.3. The predicted molar refractivity (Wildman–Crippen MR) is 119 cm³/mol. The Bertz CT molecular complexity index is 848. The first-order valence-electron chi connectivity index (χ1n) is 9.66. The van der Waals surface area contributed by atoms with Gasteiger partial charge in [0.15, 0.2) is 0 Å². The van der Waals surface area contributed by atoms with Crippen molar-refractivity contribution >= 4 is 41.8 Å². The van der Waals surface area contributed by atoms with Crippen molar-refractivity contribution in [3.05, 3.63) is 23.9 Å². The van der Waals surface area contributed by atoms with Gasteiger partial charge in [-0.15, -0.1) is 24.2 Å². The van der Waals surface area contributed by atoms with Crippen molar-refractivity contribution in [3.8, 4) is 12.1 Å². The number of thioether (sulfide) groups is 1. The van der Waals surface area contributed by atoms with E-state index in [-0.39, 0.29) is 49.4 Å². The number of likely N-dealkylation sites (tertiary alicyclic amines) is 1. The molecule has 0 bridgehead atoms.